The second kappa shape index (κ2) is 7.63. The molecule has 2 aliphatic rings. The van der Waals surface area contributed by atoms with Gasteiger partial charge in [0.15, 0.2) is 0 Å². The molecule has 8 heteroatoms. The van der Waals surface area contributed by atoms with Gasteiger partial charge in [-0.3, -0.25) is 14.6 Å². The Morgan fingerprint density at radius 2 is 2.14 bits per heavy atom. The summed E-state index contributed by atoms with van der Waals surface area (Å²) in [5, 5.41) is 2.82. The molecule has 2 aromatic rings. The molecule has 3 heterocycles. The van der Waals surface area contributed by atoms with E-state index in [1.165, 1.54) is 22.5 Å². The van der Waals surface area contributed by atoms with Crippen LogP contribution in [0.2, 0.25) is 4.34 Å². The number of halogens is 1. The minimum Gasteiger partial charge on any atom is -0.442 e. The van der Waals surface area contributed by atoms with E-state index in [1.807, 2.05) is 6.07 Å². The third kappa shape index (κ3) is 3.86. The van der Waals surface area contributed by atoms with Gasteiger partial charge in [-0.25, -0.2) is 4.79 Å². The van der Waals surface area contributed by atoms with E-state index in [-0.39, 0.29) is 30.2 Å². The molecule has 1 fully saturated rings. The van der Waals surface area contributed by atoms with Crippen molar-refractivity contribution < 1.29 is 14.3 Å². The Kier molecular flexibility index (Phi) is 5.31. The summed E-state index contributed by atoms with van der Waals surface area (Å²) in [7, 11) is 2.14. The van der Waals surface area contributed by atoms with Crippen molar-refractivity contribution in [2.75, 3.05) is 31.6 Å². The monoisotopic (exact) mass is 433 g/mol. The number of benzene rings is 1. The SMILES string of the molecule is CN1CCc2cc(N3C[C@H](CNC(=O)c4ccc(Cl)s4)OC3=O)ccc2C1(C)C. The zero-order valence-corrected chi connectivity index (χ0v) is 18.3. The van der Waals surface area contributed by atoms with Gasteiger partial charge in [0, 0.05) is 17.8 Å². The van der Waals surface area contributed by atoms with E-state index in [1.54, 1.807) is 17.0 Å². The number of anilines is 1. The molecular weight excluding hydrogens is 410 g/mol. The van der Waals surface area contributed by atoms with Crippen LogP contribution in [0.15, 0.2) is 30.3 Å². The number of cyclic esters (lactones) is 1. The molecule has 0 saturated carbocycles. The molecule has 6 nitrogen and oxygen atoms in total. The number of carbonyl (C=O) groups is 2. The number of rotatable bonds is 4. The fourth-order valence-corrected chi connectivity index (χ4v) is 4.85. The van der Waals surface area contributed by atoms with Crippen molar-refractivity contribution in [1.29, 1.82) is 0 Å². The number of ether oxygens (including phenoxy) is 1. The first-order chi connectivity index (χ1) is 13.8. The number of carbonyl (C=O) groups excluding carboxylic acids is 2. The van der Waals surface area contributed by atoms with Gasteiger partial charge in [0.25, 0.3) is 5.91 Å². The largest absolute Gasteiger partial charge is 0.442 e. The average molecular weight is 434 g/mol. The average Bonchev–Trinajstić information content (AvgIpc) is 3.28. The second-order valence-corrected chi connectivity index (χ2v) is 9.72. The van der Waals surface area contributed by atoms with Crippen molar-refractivity contribution in [1.82, 2.24) is 10.2 Å². The Labute approximate surface area is 179 Å². The highest BCUT2D eigenvalue weighted by Gasteiger charge is 2.35. The van der Waals surface area contributed by atoms with Gasteiger partial charge in [0.2, 0.25) is 0 Å². The number of hydrogen-bond donors (Lipinski definition) is 1. The third-order valence-corrected chi connectivity index (χ3v) is 7.12. The molecule has 0 bridgehead atoms. The fourth-order valence-electron chi connectivity index (χ4n) is 3.89. The van der Waals surface area contributed by atoms with Crippen LogP contribution in [0, 0.1) is 0 Å². The van der Waals surface area contributed by atoms with Gasteiger partial charge in [0.1, 0.15) is 6.10 Å². The number of likely N-dealkylation sites (N-methyl/N-ethyl adjacent to an activating group) is 1. The summed E-state index contributed by atoms with van der Waals surface area (Å²) in [6.07, 6.45) is 0.186. The molecule has 4 rings (SSSR count). The van der Waals surface area contributed by atoms with E-state index in [2.05, 4.69) is 43.2 Å². The molecule has 1 atom stereocenters. The predicted octanol–water partition coefficient (Wildman–Crippen LogP) is 3.88. The van der Waals surface area contributed by atoms with E-state index < -0.39 is 0 Å². The number of nitrogens with one attached hydrogen (secondary N) is 1. The molecule has 1 N–H and O–H groups in total. The van der Waals surface area contributed by atoms with Crippen LogP contribution in [-0.4, -0.2) is 49.7 Å². The van der Waals surface area contributed by atoms with Crippen LogP contribution >= 0.6 is 22.9 Å². The molecule has 1 aromatic heterocycles. The lowest BCUT2D eigenvalue weighted by molar-refractivity contribution is 0.0920. The molecule has 0 radical (unpaired) electrons. The second-order valence-electron chi connectivity index (χ2n) is 8.00. The Hall–Kier alpha value is -2.09. The zero-order valence-electron chi connectivity index (χ0n) is 16.7. The summed E-state index contributed by atoms with van der Waals surface area (Å²) < 4.78 is 6.03. The van der Waals surface area contributed by atoms with Crippen LogP contribution < -0.4 is 10.2 Å². The van der Waals surface area contributed by atoms with Crippen molar-refractivity contribution in [3.05, 3.63) is 50.7 Å². The molecule has 154 valence electrons. The van der Waals surface area contributed by atoms with Gasteiger partial charge in [-0.15, -0.1) is 11.3 Å². The molecule has 1 aromatic carbocycles. The molecule has 2 amide bonds. The van der Waals surface area contributed by atoms with Crippen LogP contribution in [0.1, 0.15) is 34.6 Å². The maximum atomic E-state index is 12.4. The van der Waals surface area contributed by atoms with Crippen molar-refractivity contribution >= 4 is 40.6 Å². The summed E-state index contributed by atoms with van der Waals surface area (Å²) >= 11 is 7.09. The van der Waals surface area contributed by atoms with Gasteiger partial charge < -0.3 is 10.1 Å². The van der Waals surface area contributed by atoms with Crippen molar-refractivity contribution in [3.8, 4) is 0 Å². The fraction of sp³-hybridized carbons (Fsp3) is 0.429. The zero-order chi connectivity index (χ0) is 20.8. The minimum atomic E-state index is -0.388. The van der Waals surface area contributed by atoms with Crippen LogP contribution in [0.3, 0.4) is 0 Å². The van der Waals surface area contributed by atoms with Gasteiger partial charge in [-0.2, -0.15) is 0 Å². The first-order valence-electron chi connectivity index (χ1n) is 9.62. The normalized spacial score (nSPS) is 21.0. The first-order valence-corrected chi connectivity index (χ1v) is 10.8. The van der Waals surface area contributed by atoms with Gasteiger partial charge in [-0.1, -0.05) is 17.7 Å². The standard InChI is InChI=1S/C21H24ClN3O3S/c1-21(2)16-5-4-14(10-13(16)8-9-24(21)3)25-12-15(28-20(25)27)11-23-19(26)17-6-7-18(22)29-17/h4-7,10,15H,8-9,11-12H2,1-3H3,(H,23,26)/t15-/m0/s1. The van der Waals surface area contributed by atoms with Crippen LogP contribution in [0.5, 0.6) is 0 Å². The predicted molar refractivity (Wildman–Crippen MR) is 115 cm³/mol. The molecule has 29 heavy (non-hydrogen) atoms. The van der Waals surface area contributed by atoms with E-state index >= 15 is 0 Å². The Bertz CT molecular complexity index is 958. The Morgan fingerprint density at radius 3 is 2.86 bits per heavy atom. The van der Waals surface area contributed by atoms with E-state index in [4.69, 9.17) is 16.3 Å². The summed E-state index contributed by atoms with van der Waals surface area (Å²) in [6.45, 7) is 6.09. The maximum absolute atomic E-state index is 12.4. The van der Waals surface area contributed by atoms with Gasteiger partial charge in [0.05, 0.1) is 22.3 Å². The number of thiophene rings is 1. The van der Waals surface area contributed by atoms with E-state index in [0.29, 0.717) is 15.8 Å². The number of nitrogens with zero attached hydrogens (tertiary/aromatic N) is 2. The molecule has 2 aliphatic heterocycles. The minimum absolute atomic E-state index is 0.0326. The number of fused-ring (bicyclic) bond motifs is 1. The molecule has 0 spiro atoms. The topological polar surface area (TPSA) is 61.9 Å². The summed E-state index contributed by atoms with van der Waals surface area (Å²) in [5.41, 5.74) is 3.37. The van der Waals surface area contributed by atoms with Crippen molar-refractivity contribution in [3.63, 3.8) is 0 Å². The lowest BCUT2D eigenvalue weighted by Crippen LogP contribution is -2.44. The van der Waals surface area contributed by atoms with Crippen molar-refractivity contribution in [2.45, 2.75) is 31.9 Å². The highest BCUT2D eigenvalue weighted by molar-refractivity contribution is 7.17. The highest BCUT2D eigenvalue weighted by atomic mass is 35.5. The first kappa shape index (κ1) is 20.2. The lowest BCUT2D eigenvalue weighted by atomic mass is 9.83. The molecule has 1 saturated heterocycles. The lowest BCUT2D eigenvalue weighted by Gasteiger charge is -2.42. The van der Waals surface area contributed by atoms with Crippen LogP contribution in [-0.2, 0) is 16.7 Å². The summed E-state index contributed by atoms with van der Waals surface area (Å²) in [5.74, 6) is -0.212. The quantitative estimate of drug-likeness (QED) is 0.794. The Balaban J connectivity index is 1.43. The van der Waals surface area contributed by atoms with Crippen molar-refractivity contribution in [2.24, 2.45) is 0 Å². The molecule has 0 aliphatic carbocycles. The molecular formula is C21H24ClN3O3S. The maximum Gasteiger partial charge on any atom is 0.414 e. The number of amides is 2. The Morgan fingerprint density at radius 1 is 1.34 bits per heavy atom. The third-order valence-electron chi connectivity index (χ3n) is 5.89. The van der Waals surface area contributed by atoms with Crippen LogP contribution in [0.4, 0.5) is 10.5 Å². The number of hydrogen-bond acceptors (Lipinski definition) is 5. The van der Waals surface area contributed by atoms with Gasteiger partial charge >= 0.3 is 6.09 Å². The van der Waals surface area contributed by atoms with Crippen LogP contribution in [0.25, 0.3) is 0 Å². The van der Waals surface area contributed by atoms with E-state index in [9.17, 15) is 9.59 Å². The molecule has 0 unspecified atom stereocenters. The van der Waals surface area contributed by atoms with E-state index in [0.717, 1.165) is 18.7 Å². The smallest absolute Gasteiger partial charge is 0.414 e. The van der Waals surface area contributed by atoms with Gasteiger partial charge in [-0.05, 0) is 62.7 Å². The summed E-state index contributed by atoms with van der Waals surface area (Å²) in [6, 6.07) is 9.56. The summed E-state index contributed by atoms with van der Waals surface area (Å²) in [4.78, 5) is 29.1. The highest BCUT2D eigenvalue weighted by Crippen LogP contribution is 2.36.